The van der Waals surface area contributed by atoms with Gasteiger partial charge in [-0.25, -0.2) is 0 Å². The highest BCUT2D eigenvalue weighted by molar-refractivity contribution is 7.99. The second-order valence-electron chi connectivity index (χ2n) is 4.48. The van der Waals surface area contributed by atoms with E-state index in [1.807, 2.05) is 25.0 Å². The highest BCUT2D eigenvalue weighted by atomic mass is 32.2. The fourth-order valence-corrected chi connectivity index (χ4v) is 3.37. The summed E-state index contributed by atoms with van der Waals surface area (Å²) < 4.78 is 1.67. The normalized spacial score (nSPS) is 19.1. The van der Waals surface area contributed by atoms with E-state index in [1.54, 1.807) is 4.68 Å². The first-order valence-corrected chi connectivity index (χ1v) is 6.94. The van der Waals surface area contributed by atoms with Gasteiger partial charge in [0.05, 0.1) is 11.8 Å². The molecule has 1 aromatic heterocycles. The summed E-state index contributed by atoms with van der Waals surface area (Å²) in [6.07, 6.45) is 7.56. The van der Waals surface area contributed by atoms with Crippen molar-refractivity contribution in [2.75, 3.05) is 5.75 Å². The molecule has 1 aromatic rings. The van der Waals surface area contributed by atoms with Crippen LogP contribution in [0.4, 0.5) is 0 Å². The first-order chi connectivity index (χ1) is 7.74. The van der Waals surface area contributed by atoms with Gasteiger partial charge in [0.15, 0.2) is 0 Å². The number of aromatic nitrogens is 3. The average Bonchev–Trinajstić information content (AvgIpc) is 2.87. The molecular formula is C11H19N3OS. The Hall–Kier alpha value is -0.550. The Morgan fingerprint density at radius 3 is 2.94 bits per heavy atom. The van der Waals surface area contributed by atoms with Crippen LogP contribution in [0.2, 0.25) is 0 Å². The van der Waals surface area contributed by atoms with E-state index in [4.69, 9.17) is 0 Å². The van der Waals surface area contributed by atoms with Gasteiger partial charge in [-0.2, -0.15) is 11.8 Å². The summed E-state index contributed by atoms with van der Waals surface area (Å²) in [5.41, 5.74) is 0.877. The molecule has 0 aliphatic heterocycles. The van der Waals surface area contributed by atoms with Gasteiger partial charge >= 0.3 is 0 Å². The van der Waals surface area contributed by atoms with Crippen molar-refractivity contribution in [2.24, 2.45) is 7.05 Å². The molecule has 4 nitrogen and oxygen atoms in total. The van der Waals surface area contributed by atoms with Gasteiger partial charge in [0.1, 0.15) is 0 Å². The summed E-state index contributed by atoms with van der Waals surface area (Å²) in [6, 6.07) is 0. The van der Waals surface area contributed by atoms with Crippen LogP contribution >= 0.6 is 11.8 Å². The van der Waals surface area contributed by atoms with Crippen molar-refractivity contribution in [1.29, 1.82) is 0 Å². The Balaban J connectivity index is 1.69. The van der Waals surface area contributed by atoms with Crippen LogP contribution in [0.15, 0.2) is 6.20 Å². The van der Waals surface area contributed by atoms with Gasteiger partial charge in [-0.15, -0.1) is 5.10 Å². The molecule has 1 heterocycles. The minimum absolute atomic E-state index is 0.290. The van der Waals surface area contributed by atoms with Crippen molar-refractivity contribution in [1.82, 2.24) is 15.0 Å². The molecule has 5 heteroatoms. The topological polar surface area (TPSA) is 50.9 Å². The Bertz CT molecular complexity index is 323. The molecule has 0 bridgehead atoms. The van der Waals surface area contributed by atoms with Crippen LogP contribution < -0.4 is 0 Å². The third kappa shape index (κ3) is 3.49. The lowest BCUT2D eigenvalue weighted by molar-refractivity contribution is 0.198. The van der Waals surface area contributed by atoms with Gasteiger partial charge in [0.25, 0.3) is 0 Å². The van der Waals surface area contributed by atoms with Crippen LogP contribution in [0.3, 0.4) is 0 Å². The smallest absolute Gasteiger partial charge is 0.0853 e. The lowest BCUT2D eigenvalue weighted by atomic mass is 10.2. The number of hydrogen-bond acceptors (Lipinski definition) is 4. The van der Waals surface area contributed by atoms with E-state index in [0.29, 0.717) is 6.42 Å². The molecule has 1 saturated carbocycles. The lowest BCUT2D eigenvalue weighted by Crippen LogP contribution is -2.15. The first kappa shape index (κ1) is 11.9. The highest BCUT2D eigenvalue weighted by Gasteiger charge is 2.17. The molecule has 1 unspecified atom stereocenters. The van der Waals surface area contributed by atoms with E-state index in [2.05, 4.69) is 10.3 Å². The third-order valence-corrected chi connectivity index (χ3v) is 4.44. The number of thioether (sulfide) groups is 1. The maximum absolute atomic E-state index is 9.87. The molecule has 0 aromatic carbocycles. The molecule has 1 N–H and O–H groups in total. The number of aryl methyl sites for hydroxylation is 1. The summed E-state index contributed by atoms with van der Waals surface area (Å²) in [7, 11) is 1.84. The first-order valence-electron chi connectivity index (χ1n) is 5.89. The van der Waals surface area contributed by atoms with Gasteiger partial charge in [-0.1, -0.05) is 18.1 Å². The minimum atomic E-state index is -0.290. The predicted octanol–water partition coefficient (Wildman–Crippen LogP) is 1.39. The summed E-state index contributed by atoms with van der Waals surface area (Å²) >= 11 is 1.91. The van der Waals surface area contributed by atoms with Crippen LogP contribution in [0.25, 0.3) is 0 Å². The molecular weight excluding hydrogens is 222 g/mol. The largest absolute Gasteiger partial charge is 0.392 e. The van der Waals surface area contributed by atoms with Crippen LogP contribution in [0.1, 0.15) is 31.4 Å². The summed E-state index contributed by atoms with van der Waals surface area (Å²) in [5.74, 6) is 0.821. The Morgan fingerprint density at radius 1 is 1.56 bits per heavy atom. The van der Waals surface area contributed by atoms with Gasteiger partial charge in [0, 0.05) is 30.7 Å². The monoisotopic (exact) mass is 241 g/mol. The number of hydrogen-bond donors (Lipinski definition) is 1. The van der Waals surface area contributed by atoms with E-state index >= 15 is 0 Å². The lowest BCUT2D eigenvalue weighted by Gasteiger charge is -2.12. The molecule has 1 atom stereocenters. The standard InChI is InChI=1S/C11H19N3OS/c1-14-7-9(12-13-14)6-10(15)8-16-11-4-2-3-5-11/h7,10-11,15H,2-6,8H2,1H3. The minimum Gasteiger partial charge on any atom is -0.392 e. The van der Waals surface area contributed by atoms with Gasteiger partial charge in [-0.05, 0) is 12.8 Å². The van der Waals surface area contributed by atoms with Crippen molar-refractivity contribution < 1.29 is 5.11 Å². The van der Waals surface area contributed by atoms with Crippen molar-refractivity contribution in [2.45, 2.75) is 43.5 Å². The molecule has 1 aliphatic carbocycles. The zero-order valence-electron chi connectivity index (χ0n) is 9.67. The number of aliphatic hydroxyl groups is 1. The molecule has 2 rings (SSSR count). The fourth-order valence-electron chi connectivity index (χ4n) is 2.09. The Kier molecular flexibility index (Phi) is 4.23. The molecule has 1 fully saturated rings. The van der Waals surface area contributed by atoms with E-state index in [-0.39, 0.29) is 6.10 Å². The van der Waals surface area contributed by atoms with Crippen molar-refractivity contribution in [3.8, 4) is 0 Å². The van der Waals surface area contributed by atoms with E-state index in [9.17, 15) is 5.11 Å². The molecule has 16 heavy (non-hydrogen) atoms. The zero-order chi connectivity index (χ0) is 11.4. The Morgan fingerprint density at radius 2 is 2.31 bits per heavy atom. The quantitative estimate of drug-likeness (QED) is 0.846. The van der Waals surface area contributed by atoms with E-state index < -0.39 is 0 Å². The number of nitrogens with zero attached hydrogens (tertiary/aromatic N) is 3. The Labute approximate surface area is 100 Å². The SMILES string of the molecule is Cn1cc(CC(O)CSC2CCCC2)nn1. The van der Waals surface area contributed by atoms with Gasteiger partial charge in [-0.3, -0.25) is 4.68 Å². The summed E-state index contributed by atoms with van der Waals surface area (Å²) in [4.78, 5) is 0. The maximum atomic E-state index is 9.87. The van der Waals surface area contributed by atoms with Crippen molar-refractivity contribution in [3.63, 3.8) is 0 Å². The second-order valence-corrected chi connectivity index (χ2v) is 5.81. The van der Waals surface area contributed by atoms with Crippen molar-refractivity contribution in [3.05, 3.63) is 11.9 Å². The second kappa shape index (κ2) is 5.68. The van der Waals surface area contributed by atoms with Crippen molar-refractivity contribution >= 4 is 11.8 Å². The van der Waals surface area contributed by atoms with Crippen LogP contribution in [0.5, 0.6) is 0 Å². The molecule has 0 spiro atoms. The number of rotatable bonds is 5. The zero-order valence-corrected chi connectivity index (χ0v) is 10.5. The van der Waals surface area contributed by atoms with E-state index in [0.717, 1.165) is 16.7 Å². The highest BCUT2D eigenvalue weighted by Crippen LogP contribution is 2.29. The number of aliphatic hydroxyl groups excluding tert-OH is 1. The fraction of sp³-hybridized carbons (Fsp3) is 0.818. The van der Waals surface area contributed by atoms with Crippen LogP contribution in [-0.4, -0.2) is 37.2 Å². The summed E-state index contributed by atoms with van der Waals surface area (Å²) in [5, 5.41) is 18.5. The van der Waals surface area contributed by atoms with Crippen LogP contribution in [-0.2, 0) is 13.5 Å². The molecule has 0 saturated heterocycles. The maximum Gasteiger partial charge on any atom is 0.0853 e. The molecule has 0 amide bonds. The molecule has 90 valence electrons. The predicted molar refractivity (Wildman–Crippen MR) is 65.4 cm³/mol. The summed E-state index contributed by atoms with van der Waals surface area (Å²) in [6.45, 7) is 0. The van der Waals surface area contributed by atoms with Gasteiger partial charge < -0.3 is 5.11 Å². The van der Waals surface area contributed by atoms with Gasteiger partial charge in [0.2, 0.25) is 0 Å². The molecule has 0 radical (unpaired) electrons. The average molecular weight is 241 g/mol. The molecule has 1 aliphatic rings. The third-order valence-electron chi connectivity index (χ3n) is 2.92. The van der Waals surface area contributed by atoms with E-state index in [1.165, 1.54) is 25.7 Å². The van der Waals surface area contributed by atoms with Crippen LogP contribution in [0, 0.1) is 0 Å².